The van der Waals surface area contributed by atoms with E-state index in [2.05, 4.69) is 47.1 Å². The number of rotatable bonds is 13. The van der Waals surface area contributed by atoms with Crippen LogP contribution >= 0.6 is 0 Å². The highest BCUT2D eigenvalue weighted by Crippen LogP contribution is 2.28. The Labute approximate surface area is 191 Å². The molecule has 3 aromatic rings. The van der Waals surface area contributed by atoms with Crippen LogP contribution in [0, 0.1) is 12.8 Å². The average molecular weight is 434 g/mol. The number of unbranched alkanes of at least 4 members (excludes halogenated alkanes) is 3. The Morgan fingerprint density at radius 1 is 1.03 bits per heavy atom. The normalized spacial score (nSPS) is 13.4. The summed E-state index contributed by atoms with van der Waals surface area (Å²) in [6.45, 7) is 4.58. The van der Waals surface area contributed by atoms with Crippen LogP contribution in [0.2, 0.25) is 0 Å². The van der Waals surface area contributed by atoms with E-state index in [0.717, 1.165) is 82.3 Å². The van der Waals surface area contributed by atoms with E-state index >= 15 is 0 Å². The molecule has 0 spiro atoms. The van der Waals surface area contributed by atoms with Crippen molar-refractivity contribution in [1.29, 1.82) is 0 Å². The van der Waals surface area contributed by atoms with Crippen molar-refractivity contribution in [2.24, 2.45) is 5.92 Å². The number of nitrogens with one attached hydrogen (secondary N) is 1. The van der Waals surface area contributed by atoms with E-state index in [1.54, 1.807) is 0 Å². The van der Waals surface area contributed by atoms with Crippen LogP contribution in [-0.2, 0) is 17.8 Å². The lowest BCUT2D eigenvalue weighted by Gasteiger charge is -2.11. The summed E-state index contributed by atoms with van der Waals surface area (Å²) in [5, 5.41) is 3.06. The van der Waals surface area contributed by atoms with E-state index in [0.29, 0.717) is 5.92 Å². The molecular weight excluding hydrogens is 398 g/mol. The molecular formula is C27H35N3O2. The fourth-order valence-corrected chi connectivity index (χ4v) is 4.12. The second-order valence-corrected chi connectivity index (χ2v) is 8.87. The molecule has 4 rings (SSSR count). The summed E-state index contributed by atoms with van der Waals surface area (Å²) in [5.74, 6) is 2.71. The van der Waals surface area contributed by atoms with Gasteiger partial charge in [-0.15, -0.1) is 0 Å². The van der Waals surface area contributed by atoms with E-state index in [1.807, 2.05) is 18.2 Å². The smallest absolute Gasteiger partial charge is 0.223 e. The molecule has 0 bridgehead atoms. The van der Waals surface area contributed by atoms with E-state index in [1.165, 1.54) is 16.9 Å². The molecule has 170 valence electrons. The fourth-order valence-electron chi connectivity index (χ4n) is 4.12. The average Bonchev–Trinajstić information content (AvgIpc) is 3.60. The maximum absolute atomic E-state index is 11.7. The predicted octanol–water partition coefficient (Wildman–Crippen LogP) is 5.44. The van der Waals surface area contributed by atoms with E-state index in [4.69, 9.17) is 9.72 Å². The van der Waals surface area contributed by atoms with Crippen LogP contribution in [0.4, 0.5) is 0 Å². The van der Waals surface area contributed by atoms with Gasteiger partial charge in [-0.25, -0.2) is 4.98 Å². The number of hydrogen-bond donors (Lipinski definition) is 1. The molecule has 1 saturated carbocycles. The highest BCUT2D eigenvalue weighted by atomic mass is 16.5. The summed E-state index contributed by atoms with van der Waals surface area (Å²) in [6.07, 6.45) is 8.44. The van der Waals surface area contributed by atoms with Gasteiger partial charge in [-0.2, -0.15) is 0 Å². The Morgan fingerprint density at radius 2 is 1.84 bits per heavy atom. The Balaban J connectivity index is 1.23. The zero-order valence-corrected chi connectivity index (χ0v) is 19.2. The topological polar surface area (TPSA) is 56.1 Å². The van der Waals surface area contributed by atoms with E-state index in [9.17, 15) is 4.79 Å². The van der Waals surface area contributed by atoms with Crippen molar-refractivity contribution in [3.05, 3.63) is 59.9 Å². The quantitative estimate of drug-likeness (QED) is 0.365. The third-order valence-corrected chi connectivity index (χ3v) is 6.19. The van der Waals surface area contributed by atoms with Gasteiger partial charge in [-0.1, -0.05) is 36.8 Å². The minimum atomic E-state index is 0.248. The van der Waals surface area contributed by atoms with Crippen molar-refractivity contribution in [2.45, 2.75) is 64.8 Å². The van der Waals surface area contributed by atoms with Crippen LogP contribution < -0.4 is 10.1 Å². The molecule has 2 aromatic carbocycles. The van der Waals surface area contributed by atoms with Gasteiger partial charge in [0.15, 0.2) is 0 Å². The third-order valence-electron chi connectivity index (χ3n) is 6.19. The number of carbonyl (C=O) groups is 1. The molecule has 0 aliphatic heterocycles. The Hall–Kier alpha value is -2.82. The molecule has 5 heteroatoms. The van der Waals surface area contributed by atoms with Crippen LogP contribution in [0.1, 0.15) is 56.3 Å². The van der Waals surface area contributed by atoms with Gasteiger partial charge < -0.3 is 14.6 Å². The lowest BCUT2D eigenvalue weighted by molar-refractivity contribution is -0.122. The zero-order valence-electron chi connectivity index (χ0n) is 19.2. The SMILES string of the molecule is Cc1ccccc1OCCCCn1c(CCCCCNC(=O)C2CC2)nc2ccccc21. The molecule has 1 aliphatic rings. The summed E-state index contributed by atoms with van der Waals surface area (Å²) in [7, 11) is 0. The van der Waals surface area contributed by atoms with Gasteiger partial charge in [0.1, 0.15) is 11.6 Å². The second-order valence-electron chi connectivity index (χ2n) is 8.87. The van der Waals surface area contributed by atoms with Crippen molar-refractivity contribution in [1.82, 2.24) is 14.9 Å². The van der Waals surface area contributed by atoms with Crippen LogP contribution in [0.15, 0.2) is 48.5 Å². The number of ether oxygens (including phenoxy) is 1. The van der Waals surface area contributed by atoms with Crippen molar-refractivity contribution in [3.63, 3.8) is 0 Å². The van der Waals surface area contributed by atoms with Crippen LogP contribution in [-0.4, -0.2) is 28.6 Å². The minimum Gasteiger partial charge on any atom is -0.493 e. The van der Waals surface area contributed by atoms with Crippen molar-refractivity contribution >= 4 is 16.9 Å². The van der Waals surface area contributed by atoms with Gasteiger partial charge in [-0.3, -0.25) is 4.79 Å². The Morgan fingerprint density at radius 3 is 2.69 bits per heavy atom. The molecule has 1 N–H and O–H groups in total. The number of aryl methyl sites for hydroxylation is 3. The Kier molecular flexibility index (Phi) is 7.81. The van der Waals surface area contributed by atoms with Crippen LogP contribution in [0.25, 0.3) is 11.0 Å². The summed E-state index contributed by atoms with van der Waals surface area (Å²) < 4.78 is 8.34. The molecule has 1 aliphatic carbocycles. The monoisotopic (exact) mass is 433 g/mol. The van der Waals surface area contributed by atoms with Crippen molar-refractivity contribution in [3.8, 4) is 5.75 Å². The fraction of sp³-hybridized carbons (Fsp3) is 0.481. The Bertz CT molecular complexity index is 1020. The number of para-hydroxylation sites is 3. The maximum Gasteiger partial charge on any atom is 0.223 e. The molecule has 1 fully saturated rings. The van der Waals surface area contributed by atoms with Crippen molar-refractivity contribution < 1.29 is 9.53 Å². The predicted molar refractivity (Wildman–Crippen MR) is 129 cm³/mol. The number of nitrogens with zero attached hydrogens (tertiary/aromatic N) is 2. The standard InChI is InChI=1S/C27H35N3O2/c1-21-11-4-7-14-25(21)32-20-10-9-19-30-24-13-6-5-12-23(24)29-26(30)15-3-2-8-18-28-27(31)22-16-17-22/h4-7,11-14,22H,2-3,8-10,15-20H2,1H3,(H,28,31). The highest BCUT2D eigenvalue weighted by molar-refractivity contribution is 5.80. The first-order valence-corrected chi connectivity index (χ1v) is 12.1. The third kappa shape index (κ3) is 6.12. The lowest BCUT2D eigenvalue weighted by Crippen LogP contribution is -2.25. The zero-order chi connectivity index (χ0) is 22.2. The van der Waals surface area contributed by atoms with Crippen molar-refractivity contribution in [2.75, 3.05) is 13.2 Å². The first-order chi connectivity index (χ1) is 15.7. The molecule has 5 nitrogen and oxygen atoms in total. The van der Waals surface area contributed by atoms with Crippen LogP contribution in [0.5, 0.6) is 5.75 Å². The molecule has 1 aromatic heterocycles. The number of amides is 1. The number of carbonyl (C=O) groups excluding carboxylic acids is 1. The number of fused-ring (bicyclic) bond motifs is 1. The number of benzene rings is 2. The second kappa shape index (κ2) is 11.2. The van der Waals surface area contributed by atoms with E-state index in [-0.39, 0.29) is 5.91 Å². The number of aromatic nitrogens is 2. The lowest BCUT2D eigenvalue weighted by atomic mass is 10.2. The molecule has 32 heavy (non-hydrogen) atoms. The largest absolute Gasteiger partial charge is 0.493 e. The first-order valence-electron chi connectivity index (χ1n) is 12.1. The molecule has 0 unspecified atom stereocenters. The molecule has 0 radical (unpaired) electrons. The van der Waals surface area contributed by atoms with Gasteiger partial charge >= 0.3 is 0 Å². The van der Waals surface area contributed by atoms with E-state index < -0.39 is 0 Å². The summed E-state index contributed by atoms with van der Waals surface area (Å²) in [6, 6.07) is 16.6. The van der Waals surface area contributed by atoms with Gasteiger partial charge in [0.2, 0.25) is 5.91 Å². The first kappa shape index (κ1) is 22.4. The summed E-state index contributed by atoms with van der Waals surface area (Å²) in [5.41, 5.74) is 3.48. The molecule has 0 atom stereocenters. The molecule has 0 saturated heterocycles. The summed E-state index contributed by atoms with van der Waals surface area (Å²) in [4.78, 5) is 16.6. The molecule has 1 heterocycles. The van der Waals surface area contributed by atoms with Gasteiger partial charge in [0, 0.05) is 25.4 Å². The highest BCUT2D eigenvalue weighted by Gasteiger charge is 2.28. The van der Waals surface area contributed by atoms with Gasteiger partial charge in [0.05, 0.1) is 17.6 Å². The minimum absolute atomic E-state index is 0.248. The van der Waals surface area contributed by atoms with Gasteiger partial charge in [0.25, 0.3) is 0 Å². The van der Waals surface area contributed by atoms with Crippen LogP contribution in [0.3, 0.4) is 0 Å². The molecule has 1 amide bonds. The maximum atomic E-state index is 11.7. The van der Waals surface area contributed by atoms with Gasteiger partial charge in [-0.05, 0) is 69.2 Å². The number of hydrogen-bond acceptors (Lipinski definition) is 3. The number of imidazole rings is 1. The summed E-state index contributed by atoms with van der Waals surface area (Å²) >= 11 is 0.